The molecule has 0 bridgehead atoms. The van der Waals surface area contributed by atoms with Gasteiger partial charge in [-0.05, 0) is 24.3 Å². The van der Waals surface area contributed by atoms with Crippen LogP contribution in [0.3, 0.4) is 0 Å². The van der Waals surface area contributed by atoms with Gasteiger partial charge in [0.05, 0.1) is 0 Å². The largest absolute Gasteiger partial charge is 0.538 e. The fourth-order valence-electron chi connectivity index (χ4n) is 3.99. The van der Waals surface area contributed by atoms with Crippen LogP contribution in [0.4, 0.5) is 0 Å². The molecule has 0 aliphatic heterocycles. The summed E-state index contributed by atoms with van der Waals surface area (Å²) in [5.74, 6) is 0.632. The predicted molar refractivity (Wildman–Crippen MR) is 108 cm³/mol. The van der Waals surface area contributed by atoms with E-state index in [0.29, 0.717) is 5.75 Å². The van der Waals surface area contributed by atoms with E-state index in [0.717, 1.165) is 54.6 Å². The van der Waals surface area contributed by atoms with Crippen molar-refractivity contribution < 1.29 is 18.5 Å². The number of fused-ring (bicyclic) bond motifs is 9. The molecule has 2 heterocycles. The third kappa shape index (κ3) is 1.92. The lowest BCUT2D eigenvalue weighted by Crippen LogP contribution is -2.00. The van der Waals surface area contributed by atoms with E-state index in [1.165, 1.54) is 0 Å². The fraction of sp³-hybridized carbons (Fsp3) is 0. The number of furan rings is 2. The average molecular weight is 352 g/mol. The van der Waals surface area contributed by atoms with Crippen LogP contribution in [0.25, 0.3) is 54.6 Å². The van der Waals surface area contributed by atoms with Crippen molar-refractivity contribution in [1.82, 2.24) is 0 Å². The van der Waals surface area contributed by atoms with Crippen molar-refractivity contribution in [2.45, 2.75) is 0 Å². The lowest BCUT2D eigenvalue weighted by Gasteiger charge is -2.07. The third-order valence-corrected chi connectivity index (χ3v) is 5.17. The molecule has 0 spiro atoms. The van der Waals surface area contributed by atoms with Crippen LogP contribution in [0.15, 0.2) is 75.6 Å². The van der Waals surface area contributed by atoms with Crippen LogP contribution in [0, 0.1) is 0 Å². The first-order chi connectivity index (χ1) is 13.3. The van der Waals surface area contributed by atoms with E-state index >= 15 is 0 Å². The van der Waals surface area contributed by atoms with E-state index < -0.39 is 0 Å². The summed E-state index contributed by atoms with van der Waals surface area (Å²) in [6.45, 7) is 0. The number of hydrogen-bond donors (Lipinski definition) is 1. The van der Waals surface area contributed by atoms with Crippen LogP contribution < -0.4 is 4.65 Å². The maximum atomic E-state index is 9.28. The van der Waals surface area contributed by atoms with E-state index in [2.05, 4.69) is 18.2 Å². The molecular weight excluding hydrogens is 339 g/mol. The molecule has 1 N–H and O–H groups in total. The summed E-state index contributed by atoms with van der Waals surface area (Å²) in [7, 11) is -0.376. The Balaban J connectivity index is 1.83. The summed E-state index contributed by atoms with van der Waals surface area (Å²) in [4.78, 5) is 0. The summed E-state index contributed by atoms with van der Waals surface area (Å²) in [6.07, 6.45) is 0. The van der Waals surface area contributed by atoms with Crippen molar-refractivity contribution >= 4 is 62.3 Å². The molecule has 0 aliphatic rings. The summed E-state index contributed by atoms with van der Waals surface area (Å²) in [5.41, 5.74) is 3.11. The monoisotopic (exact) mass is 352 g/mol. The molecule has 5 heteroatoms. The quantitative estimate of drug-likeness (QED) is 0.431. The summed E-state index contributed by atoms with van der Waals surface area (Å²) in [6, 6.07) is 21.9. The van der Waals surface area contributed by atoms with E-state index in [-0.39, 0.29) is 7.69 Å². The molecule has 0 saturated heterocycles. The molecule has 4 aromatic carbocycles. The Morgan fingerprint density at radius 3 is 2.07 bits per heavy atom. The standard InChI is InChI=1S/C22H13BO4/c24-23-27-19-11-17-16-10-9-15-12-5-3-4-8-18(12)25-21(15)22(16)26-20(17)14-7-2-1-6-13(14)19/h1-11,23-24H. The number of hydrogen-bond acceptors (Lipinski definition) is 4. The third-order valence-electron chi connectivity index (χ3n) is 5.17. The van der Waals surface area contributed by atoms with E-state index in [1.54, 1.807) is 0 Å². The summed E-state index contributed by atoms with van der Waals surface area (Å²) < 4.78 is 17.9. The Hall–Kier alpha value is -3.44. The van der Waals surface area contributed by atoms with Crippen molar-refractivity contribution in [2.24, 2.45) is 0 Å². The van der Waals surface area contributed by atoms with Crippen LogP contribution >= 0.6 is 0 Å². The molecule has 128 valence electrons. The molecule has 0 radical (unpaired) electrons. The molecule has 0 aliphatic carbocycles. The van der Waals surface area contributed by atoms with Gasteiger partial charge in [-0.3, -0.25) is 0 Å². The second-order valence-corrected chi connectivity index (χ2v) is 6.59. The molecule has 6 aromatic rings. The Labute approximate surface area is 153 Å². The van der Waals surface area contributed by atoms with Gasteiger partial charge in [-0.1, -0.05) is 42.5 Å². The Morgan fingerprint density at radius 2 is 1.26 bits per heavy atom. The zero-order chi connectivity index (χ0) is 18.0. The van der Waals surface area contributed by atoms with Gasteiger partial charge in [0.2, 0.25) is 0 Å². The minimum atomic E-state index is -0.376. The summed E-state index contributed by atoms with van der Waals surface area (Å²) in [5, 5.41) is 15.1. The van der Waals surface area contributed by atoms with Gasteiger partial charge in [-0.25, -0.2) is 0 Å². The molecule has 0 fully saturated rings. The van der Waals surface area contributed by atoms with Gasteiger partial charge < -0.3 is 18.5 Å². The predicted octanol–water partition coefficient (Wildman–Crippen LogP) is 5.28. The topological polar surface area (TPSA) is 55.7 Å². The van der Waals surface area contributed by atoms with Gasteiger partial charge in [-0.2, -0.15) is 0 Å². The smallest absolute Gasteiger partial charge is 0.504 e. The average Bonchev–Trinajstić information content (AvgIpc) is 3.27. The molecule has 2 aromatic heterocycles. The van der Waals surface area contributed by atoms with Crippen LogP contribution in [-0.2, 0) is 0 Å². The first-order valence-electron chi connectivity index (χ1n) is 8.77. The molecule has 0 saturated carbocycles. The van der Waals surface area contributed by atoms with Crippen molar-refractivity contribution in [3.63, 3.8) is 0 Å². The van der Waals surface area contributed by atoms with E-state index in [9.17, 15) is 5.02 Å². The minimum absolute atomic E-state index is 0.376. The van der Waals surface area contributed by atoms with Crippen LogP contribution in [0.5, 0.6) is 5.75 Å². The van der Waals surface area contributed by atoms with Crippen molar-refractivity contribution in [3.8, 4) is 5.75 Å². The van der Waals surface area contributed by atoms with Crippen molar-refractivity contribution in [2.75, 3.05) is 0 Å². The van der Waals surface area contributed by atoms with Gasteiger partial charge in [0.25, 0.3) is 0 Å². The Kier molecular flexibility index (Phi) is 2.88. The van der Waals surface area contributed by atoms with Crippen LogP contribution in [-0.4, -0.2) is 12.7 Å². The molecule has 27 heavy (non-hydrogen) atoms. The van der Waals surface area contributed by atoms with Gasteiger partial charge in [-0.15, -0.1) is 0 Å². The van der Waals surface area contributed by atoms with E-state index in [1.807, 2.05) is 48.5 Å². The highest BCUT2D eigenvalue weighted by atomic mass is 16.5. The normalized spacial score (nSPS) is 11.9. The first-order valence-corrected chi connectivity index (χ1v) is 8.77. The zero-order valence-corrected chi connectivity index (χ0v) is 14.2. The second-order valence-electron chi connectivity index (χ2n) is 6.59. The highest BCUT2D eigenvalue weighted by molar-refractivity contribution is 6.24. The molecule has 6 rings (SSSR count). The molecule has 0 unspecified atom stereocenters. The van der Waals surface area contributed by atoms with Crippen LogP contribution in [0.2, 0.25) is 0 Å². The molecule has 0 amide bonds. The highest BCUT2D eigenvalue weighted by Gasteiger charge is 2.18. The van der Waals surface area contributed by atoms with Crippen LogP contribution in [0.1, 0.15) is 0 Å². The lowest BCUT2D eigenvalue weighted by molar-refractivity contribution is 0.457. The second kappa shape index (κ2) is 5.28. The lowest BCUT2D eigenvalue weighted by atomic mass is 10.0. The van der Waals surface area contributed by atoms with Crippen molar-refractivity contribution in [3.05, 3.63) is 66.7 Å². The highest BCUT2D eigenvalue weighted by Crippen LogP contribution is 2.42. The Morgan fingerprint density at radius 1 is 0.630 bits per heavy atom. The van der Waals surface area contributed by atoms with Gasteiger partial charge in [0.1, 0.15) is 16.9 Å². The number of benzene rings is 4. The first kappa shape index (κ1) is 14.7. The molecule has 4 nitrogen and oxygen atoms in total. The number of rotatable bonds is 2. The van der Waals surface area contributed by atoms with Crippen molar-refractivity contribution in [1.29, 1.82) is 0 Å². The van der Waals surface area contributed by atoms with E-state index in [4.69, 9.17) is 13.5 Å². The maximum absolute atomic E-state index is 9.28. The fourth-order valence-corrected chi connectivity index (χ4v) is 3.99. The SMILES string of the molecule is OBOc1cc2c3ccc4c5ccccc5oc4c3oc2c2ccccc12. The van der Waals surface area contributed by atoms with Gasteiger partial charge in [0.15, 0.2) is 11.2 Å². The maximum Gasteiger partial charge on any atom is 0.504 e. The molecule has 0 atom stereocenters. The zero-order valence-electron chi connectivity index (χ0n) is 14.2. The summed E-state index contributed by atoms with van der Waals surface area (Å²) >= 11 is 0. The molecular formula is C22H13BO4. The van der Waals surface area contributed by atoms with Gasteiger partial charge >= 0.3 is 7.69 Å². The Bertz CT molecular complexity index is 1490. The number of para-hydroxylation sites is 1. The minimum Gasteiger partial charge on any atom is -0.538 e. The van der Waals surface area contributed by atoms with Gasteiger partial charge in [0, 0.05) is 32.3 Å².